The lowest BCUT2D eigenvalue weighted by atomic mass is 9.99. The van der Waals surface area contributed by atoms with E-state index in [0.717, 1.165) is 5.56 Å². The van der Waals surface area contributed by atoms with Gasteiger partial charge in [-0.05, 0) is 47.9 Å². The van der Waals surface area contributed by atoms with E-state index in [0.29, 0.717) is 27.1 Å². The van der Waals surface area contributed by atoms with Gasteiger partial charge in [-0.15, -0.1) is 0 Å². The molecule has 1 unspecified atom stereocenters. The lowest BCUT2D eigenvalue weighted by Gasteiger charge is -2.15. The summed E-state index contributed by atoms with van der Waals surface area (Å²) in [7, 11) is 0. The molecular formula is C14H11Cl3FN. The predicted molar refractivity (Wildman–Crippen MR) is 78.5 cm³/mol. The second-order valence-electron chi connectivity index (χ2n) is 4.21. The van der Waals surface area contributed by atoms with Gasteiger partial charge in [-0.3, -0.25) is 0 Å². The van der Waals surface area contributed by atoms with Crippen molar-refractivity contribution in [2.45, 2.75) is 12.5 Å². The van der Waals surface area contributed by atoms with E-state index in [1.807, 2.05) is 0 Å². The third-order valence-corrected chi connectivity index (χ3v) is 3.74. The largest absolute Gasteiger partial charge is 0.324 e. The minimum absolute atomic E-state index is 0.311. The van der Waals surface area contributed by atoms with Gasteiger partial charge in [-0.1, -0.05) is 40.9 Å². The molecule has 0 bridgehead atoms. The van der Waals surface area contributed by atoms with Gasteiger partial charge in [0, 0.05) is 21.1 Å². The molecule has 100 valence electrons. The summed E-state index contributed by atoms with van der Waals surface area (Å²) in [6.45, 7) is 0. The van der Waals surface area contributed by atoms with Crippen LogP contribution in [0, 0.1) is 5.82 Å². The van der Waals surface area contributed by atoms with E-state index in [9.17, 15) is 4.39 Å². The predicted octanol–water partition coefficient (Wildman–Crippen LogP) is 5.03. The summed E-state index contributed by atoms with van der Waals surface area (Å²) >= 11 is 18.0. The van der Waals surface area contributed by atoms with Crippen LogP contribution in [0.4, 0.5) is 4.39 Å². The van der Waals surface area contributed by atoms with Crippen molar-refractivity contribution in [3.63, 3.8) is 0 Å². The highest BCUT2D eigenvalue weighted by Crippen LogP contribution is 2.28. The molecule has 0 aliphatic carbocycles. The first kappa shape index (κ1) is 14.6. The van der Waals surface area contributed by atoms with Crippen molar-refractivity contribution in [3.8, 4) is 0 Å². The normalized spacial score (nSPS) is 12.5. The molecular weight excluding hydrogens is 308 g/mol. The number of hydrogen-bond donors (Lipinski definition) is 1. The van der Waals surface area contributed by atoms with E-state index < -0.39 is 0 Å². The van der Waals surface area contributed by atoms with Gasteiger partial charge in [-0.25, -0.2) is 4.39 Å². The average molecular weight is 319 g/mol. The minimum atomic E-state index is -0.387. The standard InChI is InChI=1S/C14H11Cl3FN/c15-9-1-4-12(16)8(5-9)6-14(19)11-3-2-10(18)7-13(11)17/h1-5,7,14H,6,19H2. The summed E-state index contributed by atoms with van der Waals surface area (Å²) in [5.74, 6) is -0.387. The maximum atomic E-state index is 13.0. The highest BCUT2D eigenvalue weighted by molar-refractivity contribution is 6.33. The molecule has 2 aromatic carbocycles. The Morgan fingerprint density at radius 2 is 1.74 bits per heavy atom. The van der Waals surface area contributed by atoms with Gasteiger partial charge in [0.25, 0.3) is 0 Å². The summed E-state index contributed by atoms with van der Waals surface area (Å²) in [5, 5.41) is 1.50. The van der Waals surface area contributed by atoms with E-state index >= 15 is 0 Å². The Balaban J connectivity index is 2.25. The molecule has 0 aromatic heterocycles. The van der Waals surface area contributed by atoms with Crippen LogP contribution in [0.25, 0.3) is 0 Å². The number of rotatable bonds is 3. The van der Waals surface area contributed by atoms with Crippen molar-refractivity contribution in [1.82, 2.24) is 0 Å². The summed E-state index contributed by atoms with van der Waals surface area (Å²) in [6.07, 6.45) is 0.477. The van der Waals surface area contributed by atoms with Gasteiger partial charge in [0.05, 0.1) is 0 Å². The van der Waals surface area contributed by atoms with Crippen molar-refractivity contribution in [1.29, 1.82) is 0 Å². The number of benzene rings is 2. The van der Waals surface area contributed by atoms with Crippen LogP contribution in [0.15, 0.2) is 36.4 Å². The van der Waals surface area contributed by atoms with Gasteiger partial charge < -0.3 is 5.73 Å². The summed E-state index contributed by atoms with van der Waals surface area (Å²) in [5.41, 5.74) is 7.60. The summed E-state index contributed by atoms with van der Waals surface area (Å²) in [6, 6.07) is 8.99. The van der Waals surface area contributed by atoms with E-state index in [1.165, 1.54) is 12.1 Å². The highest BCUT2D eigenvalue weighted by atomic mass is 35.5. The number of nitrogens with two attached hydrogens (primary N) is 1. The summed E-state index contributed by atoms with van der Waals surface area (Å²) in [4.78, 5) is 0. The first-order chi connectivity index (χ1) is 8.97. The van der Waals surface area contributed by atoms with Crippen molar-refractivity contribution in [2.75, 3.05) is 0 Å². The van der Waals surface area contributed by atoms with Crippen LogP contribution < -0.4 is 5.73 Å². The molecule has 2 rings (SSSR count). The molecule has 2 aromatic rings. The molecule has 1 atom stereocenters. The van der Waals surface area contributed by atoms with Crippen LogP contribution >= 0.6 is 34.8 Å². The number of hydrogen-bond acceptors (Lipinski definition) is 1. The molecule has 0 aliphatic heterocycles. The second kappa shape index (κ2) is 6.10. The fourth-order valence-electron chi connectivity index (χ4n) is 1.85. The average Bonchev–Trinajstić information content (AvgIpc) is 2.33. The van der Waals surface area contributed by atoms with Crippen LogP contribution in [-0.2, 0) is 6.42 Å². The van der Waals surface area contributed by atoms with Crippen molar-refractivity contribution >= 4 is 34.8 Å². The third kappa shape index (κ3) is 3.61. The third-order valence-electron chi connectivity index (χ3n) is 2.81. The van der Waals surface area contributed by atoms with Gasteiger partial charge in [0.1, 0.15) is 5.82 Å². The van der Waals surface area contributed by atoms with Crippen LogP contribution in [0.1, 0.15) is 17.2 Å². The van der Waals surface area contributed by atoms with Gasteiger partial charge in [0.15, 0.2) is 0 Å². The quantitative estimate of drug-likeness (QED) is 0.844. The lowest BCUT2D eigenvalue weighted by molar-refractivity contribution is 0.624. The molecule has 0 heterocycles. The summed E-state index contributed by atoms with van der Waals surface area (Å²) < 4.78 is 13.0. The van der Waals surface area contributed by atoms with Crippen molar-refractivity contribution < 1.29 is 4.39 Å². The van der Waals surface area contributed by atoms with E-state index in [2.05, 4.69) is 0 Å². The highest BCUT2D eigenvalue weighted by Gasteiger charge is 2.13. The fourth-order valence-corrected chi connectivity index (χ4v) is 2.55. The molecule has 0 amide bonds. The maximum Gasteiger partial charge on any atom is 0.124 e. The lowest BCUT2D eigenvalue weighted by Crippen LogP contribution is -2.14. The topological polar surface area (TPSA) is 26.0 Å². The Labute approximate surface area is 126 Å². The monoisotopic (exact) mass is 317 g/mol. The molecule has 1 nitrogen and oxygen atoms in total. The Morgan fingerprint density at radius 1 is 1.00 bits per heavy atom. The molecule has 0 aliphatic rings. The van der Waals surface area contributed by atoms with E-state index in [-0.39, 0.29) is 11.9 Å². The molecule has 0 spiro atoms. The maximum absolute atomic E-state index is 13.0. The Morgan fingerprint density at radius 3 is 2.42 bits per heavy atom. The molecule has 0 saturated carbocycles. The first-order valence-corrected chi connectivity index (χ1v) is 6.75. The zero-order valence-electron chi connectivity index (χ0n) is 9.84. The molecule has 2 N–H and O–H groups in total. The zero-order valence-corrected chi connectivity index (χ0v) is 12.1. The van der Waals surface area contributed by atoms with Gasteiger partial charge >= 0.3 is 0 Å². The van der Waals surface area contributed by atoms with E-state index in [1.54, 1.807) is 24.3 Å². The Bertz CT molecular complexity index is 601. The van der Waals surface area contributed by atoms with Crippen LogP contribution in [-0.4, -0.2) is 0 Å². The van der Waals surface area contributed by atoms with Crippen LogP contribution in [0.5, 0.6) is 0 Å². The Hall–Kier alpha value is -0.800. The fraction of sp³-hybridized carbons (Fsp3) is 0.143. The van der Waals surface area contributed by atoms with Crippen LogP contribution in [0.2, 0.25) is 15.1 Å². The van der Waals surface area contributed by atoms with Gasteiger partial charge in [0.2, 0.25) is 0 Å². The zero-order chi connectivity index (χ0) is 14.0. The smallest absolute Gasteiger partial charge is 0.124 e. The SMILES string of the molecule is NC(Cc1cc(Cl)ccc1Cl)c1ccc(F)cc1Cl. The van der Waals surface area contributed by atoms with Gasteiger partial charge in [-0.2, -0.15) is 0 Å². The van der Waals surface area contributed by atoms with Crippen LogP contribution in [0.3, 0.4) is 0 Å². The molecule has 0 radical (unpaired) electrons. The Kier molecular flexibility index (Phi) is 4.69. The first-order valence-electron chi connectivity index (χ1n) is 5.62. The molecule has 5 heteroatoms. The van der Waals surface area contributed by atoms with Crippen molar-refractivity contribution in [2.24, 2.45) is 5.73 Å². The molecule has 0 saturated heterocycles. The molecule has 19 heavy (non-hydrogen) atoms. The number of halogens is 4. The second-order valence-corrected chi connectivity index (χ2v) is 5.46. The van der Waals surface area contributed by atoms with E-state index in [4.69, 9.17) is 40.5 Å². The molecule has 0 fully saturated rings. The van der Waals surface area contributed by atoms with Crippen molar-refractivity contribution in [3.05, 3.63) is 68.4 Å². The minimum Gasteiger partial charge on any atom is -0.324 e.